The molecule has 0 aliphatic heterocycles. The van der Waals surface area contributed by atoms with Crippen molar-refractivity contribution in [1.82, 2.24) is 0 Å². The Morgan fingerprint density at radius 3 is 2.58 bits per heavy atom. The molecule has 2 heteroatoms. The van der Waals surface area contributed by atoms with Gasteiger partial charge in [0.2, 0.25) is 0 Å². The molecule has 0 aromatic heterocycles. The van der Waals surface area contributed by atoms with Crippen molar-refractivity contribution in [2.24, 2.45) is 0 Å². The second kappa shape index (κ2) is 4.74. The first-order valence-electron chi connectivity index (χ1n) is 3.58. The fourth-order valence-electron chi connectivity index (χ4n) is 0.851. The maximum absolute atomic E-state index is 8.64. The van der Waals surface area contributed by atoms with Crippen molar-refractivity contribution >= 4 is 22.0 Å². The summed E-state index contributed by atoms with van der Waals surface area (Å²) in [6.45, 7) is 0. The number of halogens is 1. The van der Waals surface area contributed by atoms with Crippen LogP contribution in [0.2, 0.25) is 0 Å². The molecule has 0 saturated carbocycles. The van der Waals surface area contributed by atoms with Gasteiger partial charge in [-0.1, -0.05) is 46.3 Å². The van der Waals surface area contributed by atoms with Crippen LogP contribution in [0.3, 0.4) is 0 Å². The third-order valence-corrected chi connectivity index (χ3v) is 2.03. The Kier molecular flexibility index (Phi) is 3.56. The molecular formula is C10H8BrN. The first-order chi connectivity index (χ1) is 5.86. The van der Waals surface area contributed by atoms with E-state index >= 15 is 0 Å². The molecule has 0 spiro atoms. The Labute approximate surface area is 80.5 Å². The van der Waals surface area contributed by atoms with Gasteiger partial charge in [0.15, 0.2) is 0 Å². The van der Waals surface area contributed by atoms with Gasteiger partial charge in [0.1, 0.15) is 0 Å². The minimum atomic E-state index is 0.610. The van der Waals surface area contributed by atoms with Crippen LogP contribution in [-0.2, 0) is 0 Å². The summed E-state index contributed by atoms with van der Waals surface area (Å²) >= 11 is 3.24. The number of hydrogen-bond donors (Lipinski definition) is 0. The molecule has 12 heavy (non-hydrogen) atoms. The first kappa shape index (κ1) is 9.02. The standard InChI is InChI=1S/C10H8BrN/c11-7-10(8-12)6-9-4-2-1-3-5-9/h1-6H,7H2/b10-6+. The zero-order chi connectivity index (χ0) is 8.81. The van der Waals surface area contributed by atoms with Crippen molar-refractivity contribution in [1.29, 1.82) is 5.26 Å². The lowest BCUT2D eigenvalue weighted by Crippen LogP contribution is -1.78. The smallest absolute Gasteiger partial charge is 0.0956 e. The highest BCUT2D eigenvalue weighted by atomic mass is 79.9. The van der Waals surface area contributed by atoms with Crippen LogP contribution < -0.4 is 0 Å². The number of nitriles is 1. The molecule has 1 rings (SSSR count). The third-order valence-electron chi connectivity index (χ3n) is 1.43. The molecule has 0 heterocycles. The SMILES string of the molecule is N#C/C(=C/c1ccccc1)CBr. The summed E-state index contributed by atoms with van der Waals surface area (Å²) in [5, 5.41) is 9.25. The van der Waals surface area contributed by atoms with Gasteiger partial charge in [0.05, 0.1) is 6.07 Å². The lowest BCUT2D eigenvalue weighted by atomic mass is 10.1. The molecule has 1 nitrogen and oxygen atoms in total. The number of nitrogens with zero attached hydrogens (tertiary/aromatic N) is 1. The first-order valence-corrected chi connectivity index (χ1v) is 4.70. The van der Waals surface area contributed by atoms with Crippen molar-refractivity contribution < 1.29 is 0 Å². The normalized spacial score (nSPS) is 10.8. The van der Waals surface area contributed by atoms with Crippen LogP contribution >= 0.6 is 15.9 Å². The third kappa shape index (κ3) is 2.52. The summed E-state index contributed by atoms with van der Waals surface area (Å²) in [4.78, 5) is 0. The summed E-state index contributed by atoms with van der Waals surface area (Å²) in [7, 11) is 0. The fourth-order valence-corrected chi connectivity index (χ4v) is 1.14. The predicted molar refractivity (Wildman–Crippen MR) is 53.8 cm³/mol. The number of benzene rings is 1. The van der Waals surface area contributed by atoms with Crippen molar-refractivity contribution in [3.8, 4) is 6.07 Å². The van der Waals surface area contributed by atoms with Gasteiger partial charge in [-0.15, -0.1) is 0 Å². The highest BCUT2D eigenvalue weighted by Crippen LogP contribution is 2.07. The van der Waals surface area contributed by atoms with Gasteiger partial charge >= 0.3 is 0 Å². The van der Waals surface area contributed by atoms with E-state index in [1.54, 1.807) is 0 Å². The van der Waals surface area contributed by atoms with Crippen LogP contribution in [0.4, 0.5) is 0 Å². The van der Waals surface area contributed by atoms with Crippen molar-refractivity contribution in [2.75, 3.05) is 5.33 Å². The molecule has 0 amide bonds. The largest absolute Gasteiger partial charge is 0.193 e. The van der Waals surface area contributed by atoms with Crippen LogP contribution in [0, 0.1) is 11.3 Å². The highest BCUT2D eigenvalue weighted by molar-refractivity contribution is 9.09. The van der Waals surface area contributed by atoms with Gasteiger partial charge < -0.3 is 0 Å². The molecule has 0 aliphatic rings. The van der Waals surface area contributed by atoms with Crippen LogP contribution in [0.5, 0.6) is 0 Å². The van der Waals surface area contributed by atoms with Crippen LogP contribution in [-0.4, -0.2) is 5.33 Å². The lowest BCUT2D eigenvalue weighted by Gasteiger charge is -1.92. The van der Waals surface area contributed by atoms with E-state index in [2.05, 4.69) is 22.0 Å². The molecule has 0 N–H and O–H groups in total. The fraction of sp³-hybridized carbons (Fsp3) is 0.100. The summed E-state index contributed by atoms with van der Waals surface area (Å²) in [6, 6.07) is 11.9. The maximum atomic E-state index is 8.64. The topological polar surface area (TPSA) is 23.8 Å². The summed E-state index contributed by atoms with van der Waals surface area (Å²) in [5.74, 6) is 0. The van der Waals surface area contributed by atoms with Crippen molar-refractivity contribution in [3.63, 3.8) is 0 Å². The molecule has 0 bridgehead atoms. The Morgan fingerprint density at radius 1 is 1.42 bits per heavy atom. The van der Waals surface area contributed by atoms with Crippen molar-refractivity contribution in [2.45, 2.75) is 0 Å². The quantitative estimate of drug-likeness (QED) is 0.557. The average Bonchev–Trinajstić information content (AvgIpc) is 2.16. The van der Waals surface area contributed by atoms with E-state index in [9.17, 15) is 0 Å². The zero-order valence-electron chi connectivity index (χ0n) is 6.50. The minimum Gasteiger partial charge on any atom is -0.193 e. The molecule has 0 saturated heterocycles. The summed E-state index contributed by atoms with van der Waals surface area (Å²) in [5.41, 5.74) is 1.80. The lowest BCUT2D eigenvalue weighted by molar-refractivity contribution is 1.47. The van der Waals surface area contributed by atoms with E-state index in [0.717, 1.165) is 11.1 Å². The van der Waals surface area contributed by atoms with Gasteiger partial charge in [-0.05, 0) is 11.6 Å². The molecule has 1 aromatic rings. The molecule has 0 atom stereocenters. The van der Waals surface area contributed by atoms with E-state index < -0.39 is 0 Å². The Morgan fingerprint density at radius 2 is 2.08 bits per heavy atom. The van der Waals surface area contributed by atoms with E-state index in [1.165, 1.54) is 0 Å². The molecule has 60 valence electrons. The molecule has 0 radical (unpaired) electrons. The van der Waals surface area contributed by atoms with Crippen molar-refractivity contribution in [3.05, 3.63) is 41.5 Å². The Balaban J connectivity index is 2.88. The van der Waals surface area contributed by atoms with Gasteiger partial charge in [-0.25, -0.2) is 0 Å². The van der Waals surface area contributed by atoms with E-state index in [4.69, 9.17) is 5.26 Å². The summed E-state index contributed by atoms with van der Waals surface area (Å²) < 4.78 is 0. The number of rotatable bonds is 2. The second-order valence-corrected chi connectivity index (χ2v) is 2.89. The highest BCUT2D eigenvalue weighted by Gasteiger charge is 1.91. The number of hydrogen-bond acceptors (Lipinski definition) is 1. The second-order valence-electron chi connectivity index (χ2n) is 2.33. The molecule has 0 aliphatic carbocycles. The Hall–Kier alpha value is -1.07. The Bertz CT molecular complexity index is 308. The average molecular weight is 222 g/mol. The minimum absolute atomic E-state index is 0.610. The number of alkyl halides is 1. The van der Waals surface area contributed by atoms with Gasteiger partial charge in [0, 0.05) is 10.9 Å². The zero-order valence-corrected chi connectivity index (χ0v) is 8.08. The van der Waals surface area contributed by atoms with Gasteiger partial charge in [0.25, 0.3) is 0 Å². The maximum Gasteiger partial charge on any atom is 0.0956 e. The molecule has 0 unspecified atom stereocenters. The van der Waals surface area contributed by atoms with E-state index in [0.29, 0.717) is 5.33 Å². The monoisotopic (exact) mass is 221 g/mol. The van der Waals surface area contributed by atoms with Gasteiger partial charge in [-0.2, -0.15) is 5.26 Å². The summed E-state index contributed by atoms with van der Waals surface area (Å²) in [6.07, 6.45) is 1.87. The van der Waals surface area contributed by atoms with E-state index in [1.807, 2.05) is 36.4 Å². The van der Waals surface area contributed by atoms with E-state index in [-0.39, 0.29) is 0 Å². The molecular weight excluding hydrogens is 214 g/mol. The molecule has 0 fully saturated rings. The predicted octanol–water partition coefficient (Wildman–Crippen LogP) is 2.99. The number of allylic oxidation sites excluding steroid dienone is 1. The van der Waals surface area contributed by atoms with Crippen LogP contribution in [0.1, 0.15) is 5.56 Å². The molecule has 1 aromatic carbocycles. The van der Waals surface area contributed by atoms with Gasteiger partial charge in [-0.3, -0.25) is 0 Å². The van der Waals surface area contributed by atoms with Crippen LogP contribution in [0.15, 0.2) is 35.9 Å². The van der Waals surface area contributed by atoms with Crippen LogP contribution in [0.25, 0.3) is 6.08 Å².